The van der Waals surface area contributed by atoms with Crippen molar-refractivity contribution in [2.75, 3.05) is 4.90 Å². The van der Waals surface area contributed by atoms with Crippen LogP contribution >= 0.6 is 11.3 Å². The number of hydrogen-bond donors (Lipinski definition) is 1. The van der Waals surface area contributed by atoms with E-state index in [2.05, 4.69) is 0 Å². The molecule has 19 heavy (non-hydrogen) atoms. The van der Waals surface area contributed by atoms with Gasteiger partial charge >= 0.3 is 5.97 Å². The van der Waals surface area contributed by atoms with Crippen molar-refractivity contribution in [1.29, 1.82) is 0 Å². The highest BCUT2D eigenvalue weighted by atomic mass is 32.1. The molecule has 2 atom stereocenters. The van der Waals surface area contributed by atoms with Crippen molar-refractivity contribution in [1.82, 2.24) is 0 Å². The molecule has 1 saturated carbocycles. The molecule has 0 spiro atoms. The van der Waals surface area contributed by atoms with Crippen molar-refractivity contribution < 1.29 is 19.5 Å². The molecule has 1 aliphatic carbocycles. The third kappa shape index (κ3) is 1.70. The summed E-state index contributed by atoms with van der Waals surface area (Å²) in [4.78, 5) is 37.7. The lowest BCUT2D eigenvalue weighted by atomic mass is 10.00. The fraction of sp³-hybridized carbons (Fsp3) is 0.462. The summed E-state index contributed by atoms with van der Waals surface area (Å²) in [5.41, 5.74) is 0.0455. The highest BCUT2D eigenvalue weighted by molar-refractivity contribution is 7.17. The van der Waals surface area contributed by atoms with Crippen LogP contribution in [0, 0.1) is 18.8 Å². The SMILES string of the molecule is Cc1cc(C(=O)O)c(N2C(=O)C3CCCC3C2=O)s1. The Morgan fingerprint density at radius 1 is 1.32 bits per heavy atom. The van der Waals surface area contributed by atoms with Gasteiger partial charge in [0.15, 0.2) is 0 Å². The van der Waals surface area contributed by atoms with Gasteiger partial charge in [-0.3, -0.25) is 9.59 Å². The van der Waals surface area contributed by atoms with E-state index in [1.807, 2.05) is 0 Å². The highest BCUT2D eigenvalue weighted by Gasteiger charge is 2.51. The Balaban J connectivity index is 2.05. The maximum Gasteiger partial charge on any atom is 0.338 e. The van der Waals surface area contributed by atoms with Crippen LogP contribution in [-0.2, 0) is 9.59 Å². The molecule has 0 bridgehead atoms. The van der Waals surface area contributed by atoms with Crippen LogP contribution in [0.3, 0.4) is 0 Å². The first-order valence-corrected chi connectivity index (χ1v) is 7.04. The van der Waals surface area contributed by atoms with E-state index in [1.54, 1.807) is 6.92 Å². The van der Waals surface area contributed by atoms with Gasteiger partial charge in [-0.15, -0.1) is 11.3 Å². The van der Waals surface area contributed by atoms with E-state index in [-0.39, 0.29) is 34.2 Å². The van der Waals surface area contributed by atoms with Crippen molar-refractivity contribution in [3.05, 3.63) is 16.5 Å². The molecule has 0 radical (unpaired) electrons. The van der Waals surface area contributed by atoms with E-state index in [0.717, 1.165) is 29.0 Å². The minimum Gasteiger partial charge on any atom is -0.478 e. The molecular weight excluding hydrogens is 266 g/mol. The summed E-state index contributed by atoms with van der Waals surface area (Å²) in [6.45, 7) is 1.77. The molecule has 2 aliphatic rings. The lowest BCUT2D eigenvalue weighted by Gasteiger charge is -2.14. The Morgan fingerprint density at radius 3 is 2.42 bits per heavy atom. The molecule has 2 fully saturated rings. The number of fused-ring (bicyclic) bond motifs is 1. The van der Waals surface area contributed by atoms with Crippen LogP contribution in [-0.4, -0.2) is 22.9 Å². The lowest BCUT2D eigenvalue weighted by Crippen LogP contribution is -2.32. The molecule has 6 heteroatoms. The van der Waals surface area contributed by atoms with Crippen LogP contribution in [0.5, 0.6) is 0 Å². The number of carboxylic acids is 1. The average molecular weight is 279 g/mol. The molecule has 5 nitrogen and oxygen atoms in total. The number of carbonyl (C=O) groups is 3. The normalized spacial score (nSPS) is 26.1. The smallest absolute Gasteiger partial charge is 0.338 e. The third-order valence-electron chi connectivity index (χ3n) is 3.86. The fourth-order valence-electron chi connectivity index (χ4n) is 3.01. The van der Waals surface area contributed by atoms with Crippen molar-refractivity contribution in [3.8, 4) is 0 Å². The molecule has 100 valence electrons. The van der Waals surface area contributed by atoms with Gasteiger partial charge in [0.1, 0.15) is 5.00 Å². The van der Waals surface area contributed by atoms with Crippen molar-refractivity contribution in [2.45, 2.75) is 26.2 Å². The number of thiophene rings is 1. The maximum atomic E-state index is 12.3. The zero-order valence-electron chi connectivity index (χ0n) is 10.4. The summed E-state index contributed by atoms with van der Waals surface area (Å²) in [5.74, 6) is -2.03. The molecule has 2 heterocycles. The van der Waals surface area contributed by atoms with Gasteiger partial charge in [0.2, 0.25) is 11.8 Å². The molecule has 2 unspecified atom stereocenters. The Hall–Kier alpha value is -1.69. The average Bonchev–Trinajstić information content (AvgIpc) is 2.99. The highest BCUT2D eigenvalue weighted by Crippen LogP contribution is 2.44. The maximum absolute atomic E-state index is 12.3. The Bertz CT molecular complexity index is 569. The number of aryl methyl sites for hydroxylation is 1. The minimum atomic E-state index is -1.10. The predicted octanol–water partition coefficient (Wildman–Crippen LogP) is 2.04. The van der Waals surface area contributed by atoms with E-state index in [0.29, 0.717) is 0 Å². The zero-order valence-corrected chi connectivity index (χ0v) is 11.2. The molecule has 1 aliphatic heterocycles. The van der Waals surface area contributed by atoms with Crippen LogP contribution in [0.4, 0.5) is 5.00 Å². The first-order chi connectivity index (χ1) is 9.00. The summed E-state index contributed by atoms with van der Waals surface area (Å²) in [6.07, 6.45) is 2.37. The second kappa shape index (κ2) is 4.16. The largest absolute Gasteiger partial charge is 0.478 e. The van der Waals surface area contributed by atoms with Crippen molar-refractivity contribution >= 4 is 34.1 Å². The first kappa shape index (κ1) is 12.3. The Kier molecular flexibility index (Phi) is 2.70. The number of imide groups is 1. The van der Waals surface area contributed by atoms with Gasteiger partial charge in [-0.25, -0.2) is 9.69 Å². The molecule has 2 amide bonds. The number of carboxylic acid groups (broad SMARTS) is 1. The summed E-state index contributed by atoms with van der Waals surface area (Å²) < 4.78 is 0. The van der Waals surface area contributed by atoms with Gasteiger partial charge in [-0.05, 0) is 25.8 Å². The van der Waals surface area contributed by atoms with Crippen LogP contribution in [0.15, 0.2) is 6.07 Å². The van der Waals surface area contributed by atoms with E-state index < -0.39 is 5.97 Å². The minimum absolute atomic E-state index is 0.0455. The summed E-state index contributed by atoms with van der Waals surface area (Å²) >= 11 is 1.19. The van der Waals surface area contributed by atoms with Gasteiger partial charge in [0, 0.05) is 4.88 Å². The molecule has 3 rings (SSSR count). The van der Waals surface area contributed by atoms with E-state index in [9.17, 15) is 19.5 Å². The zero-order chi connectivity index (χ0) is 13.7. The van der Waals surface area contributed by atoms with Gasteiger partial charge in [-0.1, -0.05) is 6.42 Å². The third-order valence-corrected chi connectivity index (χ3v) is 4.90. The Morgan fingerprint density at radius 2 is 1.89 bits per heavy atom. The Labute approximate surface area is 113 Å². The van der Waals surface area contributed by atoms with Crippen LogP contribution in [0.1, 0.15) is 34.5 Å². The van der Waals surface area contributed by atoms with Crippen LogP contribution < -0.4 is 4.90 Å². The van der Waals surface area contributed by atoms with Crippen LogP contribution in [0.2, 0.25) is 0 Å². The molecule has 1 saturated heterocycles. The molecule has 0 aromatic carbocycles. The fourth-order valence-corrected chi connectivity index (χ4v) is 4.02. The number of aromatic carboxylic acids is 1. The number of hydrogen-bond acceptors (Lipinski definition) is 4. The van der Waals surface area contributed by atoms with Crippen molar-refractivity contribution in [2.24, 2.45) is 11.8 Å². The lowest BCUT2D eigenvalue weighted by molar-refractivity contribution is -0.122. The molecule has 1 aromatic heterocycles. The van der Waals surface area contributed by atoms with Crippen LogP contribution in [0.25, 0.3) is 0 Å². The number of rotatable bonds is 2. The molecule has 1 aromatic rings. The topological polar surface area (TPSA) is 74.7 Å². The van der Waals surface area contributed by atoms with E-state index in [1.165, 1.54) is 17.4 Å². The monoisotopic (exact) mass is 279 g/mol. The number of carbonyl (C=O) groups excluding carboxylic acids is 2. The van der Waals surface area contributed by atoms with Gasteiger partial charge < -0.3 is 5.11 Å². The summed E-state index contributed by atoms with van der Waals surface area (Å²) in [6, 6.07) is 1.51. The van der Waals surface area contributed by atoms with Crippen molar-refractivity contribution in [3.63, 3.8) is 0 Å². The molecule has 1 N–H and O–H groups in total. The summed E-state index contributed by atoms with van der Waals surface area (Å²) in [7, 11) is 0. The quantitative estimate of drug-likeness (QED) is 0.841. The first-order valence-electron chi connectivity index (χ1n) is 6.22. The number of anilines is 1. The van der Waals surface area contributed by atoms with Gasteiger partial charge in [-0.2, -0.15) is 0 Å². The summed E-state index contributed by atoms with van der Waals surface area (Å²) in [5, 5.41) is 9.44. The predicted molar refractivity (Wildman–Crippen MR) is 69.3 cm³/mol. The number of amides is 2. The van der Waals surface area contributed by atoms with Gasteiger partial charge in [0.25, 0.3) is 0 Å². The second-order valence-corrected chi connectivity index (χ2v) is 6.27. The molecular formula is C13H13NO4S. The van der Waals surface area contributed by atoms with Gasteiger partial charge in [0.05, 0.1) is 17.4 Å². The standard InChI is InChI=1S/C13H13NO4S/c1-6-5-9(13(17)18)12(19-6)14-10(15)7-3-2-4-8(7)11(14)16/h5,7-8H,2-4H2,1H3,(H,17,18). The van der Waals surface area contributed by atoms with E-state index >= 15 is 0 Å². The second-order valence-electron chi connectivity index (χ2n) is 5.04. The van der Waals surface area contributed by atoms with E-state index in [4.69, 9.17) is 0 Å². The number of nitrogens with zero attached hydrogens (tertiary/aromatic N) is 1.